The Morgan fingerprint density at radius 1 is 1.19 bits per heavy atom. The van der Waals surface area contributed by atoms with Crippen LogP contribution in [0.25, 0.3) is 0 Å². The highest BCUT2D eigenvalue weighted by atomic mass is 35.5. The maximum absolute atomic E-state index is 11.9. The lowest BCUT2D eigenvalue weighted by Gasteiger charge is -2.09. The van der Waals surface area contributed by atoms with Gasteiger partial charge in [-0.15, -0.1) is 0 Å². The van der Waals surface area contributed by atoms with Crippen LogP contribution in [0.4, 0.5) is 0 Å². The zero-order valence-electron chi connectivity index (χ0n) is 15.2. The van der Waals surface area contributed by atoms with E-state index in [1.807, 2.05) is 13.8 Å². The third-order valence-corrected chi connectivity index (χ3v) is 4.42. The molecule has 0 saturated carbocycles. The molecule has 27 heavy (non-hydrogen) atoms. The first-order valence-corrected chi connectivity index (χ1v) is 8.94. The van der Waals surface area contributed by atoms with Crippen LogP contribution in [-0.2, 0) is 4.79 Å². The lowest BCUT2D eigenvalue weighted by Crippen LogP contribution is -2.24. The van der Waals surface area contributed by atoms with E-state index in [2.05, 4.69) is 10.5 Å². The van der Waals surface area contributed by atoms with Crippen molar-refractivity contribution in [2.75, 3.05) is 13.2 Å². The number of ether oxygens (including phenoxy) is 2. The number of hydrogen-bond acceptors (Lipinski definition) is 5. The summed E-state index contributed by atoms with van der Waals surface area (Å²) in [4.78, 5) is 11.9. The summed E-state index contributed by atoms with van der Waals surface area (Å²) in [5, 5.41) is 14.5. The highest BCUT2D eigenvalue weighted by molar-refractivity contribution is 6.32. The van der Waals surface area contributed by atoms with Crippen LogP contribution in [0.3, 0.4) is 0 Å². The molecule has 0 unspecified atom stereocenters. The summed E-state index contributed by atoms with van der Waals surface area (Å²) >= 11 is 12.0. The topological polar surface area (TPSA) is 80.2 Å². The van der Waals surface area contributed by atoms with Crippen molar-refractivity contribution in [2.45, 2.75) is 20.8 Å². The van der Waals surface area contributed by atoms with Gasteiger partial charge in [-0.3, -0.25) is 4.79 Å². The average molecular weight is 411 g/mol. The summed E-state index contributed by atoms with van der Waals surface area (Å²) in [5.74, 6) is 0.239. The van der Waals surface area contributed by atoms with Gasteiger partial charge in [-0.2, -0.15) is 5.10 Å². The molecular formula is C19H20Cl2N2O4. The van der Waals surface area contributed by atoms with Crippen LogP contribution in [0.2, 0.25) is 10.0 Å². The van der Waals surface area contributed by atoms with Gasteiger partial charge in [0.15, 0.2) is 18.1 Å². The van der Waals surface area contributed by atoms with Gasteiger partial charge in [-0.1, -0.05) is 23.2 Å². The van der Waals surface area contributed by atoms with Gasteiger partial charge in [0.1, 0.15) is 5.75 Å². The molecule has 144 valence electrons. The number of amides is 1. The van der Waals surface area contributed by atoms with Crippen molar-refractivity contribution in [2.24, 2.45) is 5.10 Å². The van der Waals surface area contributed by atoms with Crippen LogP contribution < -0.4 is 14.9 Å². The Morgan fingerprint density at radius 2 is 1.85 bits per heavy atom. The first-order valence-electron chi connectivity index (χ1n) is 8.18. The molecule has 0 heterocycles. The molecule has 0 saturated heterocycles. The number of benzene rings is 2. The van der Waals surface area contributed by atoms with Gasteiger partial charge in [0.05, 0.1) is 17.8 Å². The number of nitrogens with zero attached hydrogens (tertiary/aromatic N) is 1. The van der Waals surface area contributed by atoms with Crippen molar-refractivity contribution in [1.82, 2.24) is 5.43 Å². The Balaban J connectivity index is 1.94. The number of aromatic hydroxyl groups is 1. The number of carbonyl (C=O) groups is 1. The zero-order chi connectivity index (χ0) is 20.0. The molecule has 1 amide bonds. The van der Waals surface area contributed by atoms with Crippen molar-refractivity contribution < 1.29 is 19.4 Å². The molecule has 0 bridgehead atoms. The number of halogens is 2. The minimum absolute atomic E-state index is 0.130. The third kappa shape index (κ3) is 5.77. The van der Waals surface area contributed by atoms with E-state index in [0.29, 0.717) is 22.9 Å². The summed E-state index contributed by atoms with van der Waals surface area (Å²) in [6.45, 7) is 5.70. The van der Waals surface area contributed by atoms with Gasteiger partial charge in [-0.25, -0.2) is 5.43 Å². The molecule has 0 atom stereocenters. The van der Waals surface area contributed by atoms with Crippen molar-refractivity contribution in [1.29, 1.82) is 0 Å². The monoisotopic (exact) mass is 410 g/mol. The van der Waals surface area contributed by atoms with E-state index in [4.69, 9.17) is 32.7 Å². The molecule has 0 aliphatic heterocycles. The van der Waals surface area contributed by atoms with Crippen LogP contribution in [0.5, 0.6) is 17.2 Å². The maximum atomic E-state index is 11.9. The van der Waals surface area contributed by atoms with E-state index in [1.54, 1.807) is 25.1 Å². The average Bonchev–Trinajstić information content (AvgIpc) is 2.62. The number of hydrazone groups is 1. The van der Waals surface area contributed by atoms with Gasteiger partial charge in [0.25, 0.3) is 5.91 Å². The van der Waals surface area contributed by atoms with Crippen molar-refractivity contribution in [3.63, 3.8) is 0 Å². The van der Waals surface area contributed by atoms with Gasteiger partial charge in [0, 0.05) is 5.02 Å². The molecule has 2 rings (SSSR count). The number of hydrogen-bond donors (Lipinski definition) is 2. The predicted molar refractivity (Wildman–Crippen MR) is 106 cm³/mol. The summed E-state index contributed by atoms with van der Waals surface area (Å²) in [6.07, 6.45) is 1.39. The normalized spacial score (nSPS) is 10.9. The minimum atomic E-state index is -0.425. The Bertz CT molecular complexity index is 846. The second-order valence-corrected chi connectivity index (χ2v) is 6.52. The van der Waals surface area contributed by atoms with Crippen LogP contribution in [-0.4, -0.2) is 30.4 Å². The van der Waals surface area contributed by atoms with E-state index in [9.17, 15) is 9.90 Å². The largest absolute Gasteiger partial charge is 0.503 e. The summed E-state index contributed by atoms with van der Waals surface area (Å²) < 4.78 is 10.7. The fraction of sp³-hybridized carbons (Fsp3) is 0.263. The van der Waals surface area contributed by atoms with Crippen LogP contribution in [0, 0.1) is 13.8 Å². The number of phenolic OH excluding ortho intramolecular Hbond substituents is 1. The van der Waals surface area contributed by atoms with Crippen LogP contribution in [0.1, 0.15) is 23.6 Å². The second kappa shape index (κ2) is 9.48. The SMILES string of the molecule is CCOc1cc(/C=N\NC(=O)COc2cc(C)c(Cl)c(C)c2)cc(Cl)c1O. The molecule has 2 N–H and O–H groups in total. The van der Waals surface area contributed by atoms with E-state index >= 15 is 0 Å². The number of rotatable bonds is 7. The van der Waals surface area contributed by atoms with Crippen molar-refractivity contribution in [3.8, 4) is 17.2 Å². The Kier molecular flexibility index (Phi) is 7.33. The highest BCUT2D eigenvalue weighted by Gasteiger charge is 2.09. The highest BCUT2D eigenvalue weighted by Crippen LogP contribution is 2.34. The van der Waals surface area contributed by atoms with Gasteiger partial charge in [0.2, 0.25) is 0 Å². The predicted octanol–water partition coefficient (Wildman–Crippen LogP) is 4.24. The van der Waals surface area contributed by atoms with E-state index in [-0.39, 0.29) is 23.1 Å². The standard InChI is InChI=1S/C19H20Cl2N2O4/c1-4-26-16-8-13(7-15(20)19(16)25)9-22-23-17(24)10-27-14-5-11(2)18(21)12(3)6-14/h5-9,25H,4,10H2,1-3H3,(H,23,24)/b22-9-. The second-order valence-electron chi connectivity index (χ2n) is 5.74. The van der Waals surface area contributed by atoms with Crippen LogP contribution >= 0.6 is 23.2 Å². The fourth-order valence-electron chi connectivity index (χ4n) is 2.28. The molecule has 6 nitrogen and oxygen atoms in total. The Labute approximate surface area is 167 Å². The molecule has 0 spiro atoms. The lowest BCUT2D eigenvalue weighted by molar-refractivity contribution is -0.123. The van der Waals surface area contributed by atoms with Gasteiger partial charge < -0.3 is 14.6 Å². The van der Waals surface area contributed by atoms with E-state index in [0.717, 1.165) is 11.1 Å². The molecule has 2 aromatic carbocycles. The van der Waals surface area contributed by atoms with Crippen LogP contribution in [0.15, 0.2) is 29.4 Å². The molecule has 8 heteroatoms. The number of carbonyl (C=O) groups excluding carboxylic acids is 1. The summed E-state index contributed by atoms with van der Waals surface area (Å²) in [6, 6.07) is 6.60. The van der Waals surface area contributed by atoms with Crippen molar-refractivity contribution in [3.05, 3.63) is 51.0 Å². The summed E-state index contributed by atoms with van der Waals surface area (Å²) in [7, 11) is 0. The molecule has 0 aliphatic rings. The first-order chi connectivity index (χ1) is 12.8. The third-order valence-electron chi connectivity index (χ3n) is 3.53. The summed E-state index contributed by atoms with van der Waals surface area (Å²) in [5.41, 5.74) is 4.67. The number of nitrogens with one attached hydrogen (secondary N) is 1. The fourth-order valence-corrected chi connectivity index (χ4v) is 2.61. The van der Waals surface area contributed by atoms with Gasteiger partial charge >= 0.3 is 0 Å². The molecule has 2 aromatic rings. The number of phenols is 1. The minimum Gasteiger partial charge on any atom is -0.503 e. The quantitative estimate of drug-likeness (QED) is 0.528. The Hall–Kier alpha value is -2.44. The molecule has 0 aliphatic carbocycles. The molecule has 0 aromatic heterocycles. The van der Waals surface area contributed by atoms with Crippen molar-refractivity contribution >= 4 is 35.3 Å². The molecular weight excluding hydrogens is 391 g/mol. The maximum Gasteiger partial charge on any atom is 0.277 e. The lowest BCUT2D eigenvalue weighted by atomic mass is 10.1. The number of aryl methyl sites for hydroxylation is 2. The first kappa shape index (κ1) is 20.9. The van der Waals surface area contributed by atoms with Gasteiger partial charge in [-0.05, 0) is 61.7 Å². The molecule has 0 radical (unpaired) electrons. The smallest absolute Gasteiger partial charge is 0.277 e. The van der Waals surface area contributed by atoms with E-state index < -0.39 is 5.91 Å². The van der Waals surface area contributed by atoms with E-state index in [1.165, 1.54) is 12.3 Å². The zero-order valence-corrected chi connectivity index (χ0v) is 16.7. The molecule has 0 fully saturated rings. The Morgan fingerprint density at radius 3 is 2.48 bits per heavy atom.